The molecule has 35 heavy (non-hydrogen) atoms. The highest BCUT2D eigenvalue weighted by atomic mass is 19.1. The van der Waals surface area contributed by atoms with Crippen LogP contribution in [0.4, 0.5) is 27.5 Å². The fourth-order valence-electron chi connectivity index (χ4n) is 6.07. The Hall–Kier alpha value is -3.27. The second-order valence-electron chi connectivity index (χ2n) is 10.2. The molecular formula is C25H30FN7O2. The predicted molar refractivity (Wildman–Crippen MR) is 130 cm³/mol. The van der Waals surface area contributed by atoms with Crippen LogP contribution in [0.5, 0.6) is 0 Å². The van der Waals surface area contributed by atoms with Gasteiger partial charge >= 0.3 is 0 Å². The fraction of sp³-hybridized carbons (Fsp3) is 0.520. The van der Waals surface area contributed by atoms with Crippen LogP contribution in [0.25, 0.3) is 0 Å². The van der Waals surface area contributed by atoms with Crippen molar-refractivity contribution in [3.63, 3.8) is 0 Å². The number of halogens is 1. The molecule has 1 atom stereocenters. The molecule has 1 spiro atoms. The van der Waals surface area contributed by atoms with E-state index in [2.05, 4.69) is 37.4 Å². The average molecular weight is 480 g/mol. The summed E-state index contributed by atoms with van der Waals surface area (Å²) in [5, 5.41) is 5.64. The molecule has 4 aliphatic rings. The Bertz CT molecular complexity index is 1180. The third-order valence-corrected chi connectivity index (χ3v) is 7.88. The summed E-state index contributed by atoms with van der Waals surface area (Å²) in [6.07, 6.45) is 6.41. The third-order valence-electron chi connectivity index (χ3n) is 7.88. The first kappa shape index (κ1) is 22.2. The fourth-order valence-corrected chi connectivity index (χ4v) is 6.07. The number of carbonyl (C=O) groups is 2. The van der Waals surface area contributed by atoms with Crippen molar-refractivity contribution in [3.8, 4) is 0 Å². The van der Waals surface area contributed by atoms with Gasteiger partial charge in [-0.05, 0) is 38.1 Å². The number of piperazine rings is 1. The van der Waals surface area contributed by atoms with E-state index >= 15 is 0 Å². The Labute approximate surface area is 203 Å². The molecule has 2 aromatic rings. The minimum absolute atomic E-state index is 0.139. The molecule has 0 bridgehead atoms. The lowest BCUT2D eigenvalue weighted by Crippen LogP contribution is -2.56. The van der Waals surface area contributed by atoms with Crippen molar-refractivity contribution < 1.29 is 14.0 Å². The second-order valence-corrected chi connectivity index (χ2v) is 10.2. The van der Waals surface area contributed by atoms with Crippen molar-refractivity contribution in [2.45, 2.75) is 50.1 Å². The Morgan fingerprint density at radius 1 is 1.11 bits per heavy atom. The van der Waals surface area contributed by atoms with Crippen LogP contribution in [0.15, 0.2) is 24.4 Å². The lowest BCUT2D eigenvalue weighted by Gasteiger charge is -2.38. The molecule has 9 nitrogen and oxygen atoms in total. The summed E-state index contributed by atoms with van der Waals surface area (Å²) in [7, 11) is 2.07. The molecule has 4 heterocycles. The number of rotatable bonds is 4. The van der Waals surface area contributed by atoms with Crippen LogP contribution in [0.1, 0.15) is 37.7 Å². The number of imide groups is 1. The molecule has 2 N–H and O–H groups in total. The molecule has 1 aliphatic carbocycles. The van der Waals surface area contributed by atoms with Gasteiger partial charge in [0.05, 0.1) is 12.1 Å². The van der Waals surface area contributed by atoms with Gasteiger partial charge < -0.3 is 20.0 Å². The zero-order valence-electron chi connectivity index (χ0n) is 19.9. The highest BCUT2D eigenvalue weighted by Gasteiger charge is 2.58. The van der Waals surface area contributed by atoms with E-state index in [-0.39, 0.29) is 30.1 Å². The number of nitrogens with one attached hydrogen (secondary N) is 2. The highest BCUT2D eigenvalue weighted by molar-refractivity contribution is 6.11. The van der Waals surface area contributed by atoms with Gasteiger partial charge in [0.2, 0.25) is 11.9 Å². The maximum absolute atomic E-state index is 15.0. The van der Waals surface area contributed by atoms with Gasteiger partial charge in [-0.25, -0.2) is 9.37 Å². The summed E-state index contributed by atoms with van der Waals surface area (Å²) in [6.45, 7) is 3.40. The molecule has 2 amide bonds. The number of likely N-dealkylation sites (N-methyl/N-ethyl adjacent to an activating group) is 1. The summed E-state index contributed by atoms with van der Waals surface area (Å²) in [5.41, 5.74) is 1.11. The predicted octanol–water partition coefficient (Wildman–Crippen LogP) is 2.20. The van der Waals surface area contributed by atoms with Gasteiger partial charge in [-0.2, -0.15) is 4.98 Å². The molecule has 1 aromatic carbocycles. The zero-order valence-corrected chi connectivity index (χ0v) is 19.9. The second kappa shape index (κ2) is 8.44. The van der Waals surface area contributed by atoms with Crippen LogP contribution in [0, 0.1) is 5.82 Å². The Morgan fingerprint density at radius 2 is 1.89 bits per heavy atom. The summed E-state index contributed by atoms with van der Waals surface area (Å²) in [5.74, 6) is 0.277. The first-order valence-electron chi connectivity index (χ1n) is 12.4. The smallest absolute Gasteiger partial charge is 0.253 e. The molecule has 1 saturated carbocycles. The maximum Gasteiger partial charge on any atom is 0.253 e. The molecule has 184 valence electrons. The SMILES string of the molecule is CN1CCN(c2ccc(Nc3ncc4c(n3)N(C3CCCC3)C3(CC(=O)NC3=O)C4)cc2F)CC1. The summed E-state index contributed by atoms with van der Waals surface area (Å²) in [4.78, 5) is 40.7. The number of aromatic nitrogens is 2. The van der Waals surface area contributed by atoms with Gasteiger partial charge in [0.15, 0.2) is 0 Å². The van der Waals surface area contributed by atoms with Crippen LogP contribution in [0.2, 0.25) is 0 Å². The minimum Gasteiger partial charge on any atom is -0.367 e. The first-order valence-corrected chi connectivity index (χ1v) is 12.4. The molecule has 2 saturated heterocycles. The van der Waals surface area contributed by atoms with Crippen molar-refractivity contribution in [1.82, 2.24) is 20.2 Å². The molecule has 3 fully saturated rings. The molecule has 6 rings (SSSR count). The quantitative estimate of drug-likeness (QED) is 0.645. The van der Waals surface area contributed by atoms with Crippen molar-refractivity contribution in [3.05, 3.63) is 35.8 Å². The van der Waals surface area contributed by atoms with Crippen molar-refractivity contribution in [2.75, 3.05) is 48.3 Å². The number of hydrogen-bond acceptors (Lipinski definition) is 8. The van der Waals surface area contributed by atoms with E-state index in [0.29, 0.717) is 29.6 Å². The van der Waals surface area contributed by atoms with Crippen LogP contribution in [0.3, 0.4) is 0 Å². The van der Waals surface area contributed by atoms with Gasteiger partial charge in [0.25, 0.3) is 5.91 Å². The van der Waals surface area contributed by atoms with Gasteiger partial charge in [0.1, 0.15) is 17.2 Å². The van der Waals surface area contributed by atoms with Crippen molar-refractivity contribution in [2.24, 2.45) is 0 Å². The topological polar surface area (TPSA) is 93.7 Å². The van der Waals surface area contributed by atoms with E-state index in [9.17, 15) is 14.0 Å². The molecule has 1 aromatic heterocycles. The third kappa shape index (κ3) is 3.80. The Kier molecular flexibility index (Phi) is 5.36. The van der Waals surface area contributed by atoms with Crippen LogP contribution >= 0.6 is 0 Å². The number of fused-ring (bicyclic) bond motifs is 1. The van der Waals surface area contributed by atoms with E-state index < -0.39 is 5.54 Å². The molecule has 10 heteroatoms. The van der Waals surface area contributed by atoms with E-state index in [1.54, 1.807) is 12.3 Å². The Balaban J connectivity index is 1.27. The van der Waals surface area contributed by atoms with E-state index in [4.69, 9.17) is 4.98 Å². The summed E-state index contributed by atoms with van der Waals surface area (Å²) >= 11 is 0. The van der Waals surface area contributed by atoms with Crippen LogP contribution in [-0.4, -0.2) is 71.5 Å². The van der Waals surface area contributed by atoms with Gasteiger partial charge in [-0.15, -0.1) is 0 Å². The van der Waals surface area contributed by atoms with E-state index in [1.807, 2.05) is 6.07 Å². The highest BCUT2D eigenvalue weighted by Crippen LogP contribution is 2.46. The van der Waals surface area contributed by atoms with Gasteiger partial charge in [0, 0.05) is 56.1 Å². The normalized spacial score (nSPS) is 25.0. The monoisotopic (exact) mass is 479 g/mol. The standard InChI is InChI=1S/C25H30FN7O2/c1-31-8-10-32(11-9-31)20-7-6-17(12-19(20)26)28-24-27-15-16-13-25(14-21(34)29-23(25)35)33(22(16)30-24)18-4-2-3-5-18/h6-7,12,15,18H,2-5,8-11,13-14H2,1H3,(H,27,28,30)(H,29,34,35). The van der Waals surface area contributed by atoms with E-state index in [1.165, 1.54) is 6.07 Å². The van der Waals surface area contributed by atoms with Gasteiger partial charge in [-0.3, -0.25) is 14.9 Å². The average Bonchev–Trinajstić information content (AvgIpc) is 3.52. The number of benzene rings is 1. The van der Waals surface area contributed by atoms with Crippen LogP contribution < -0.4 is 20.4 Å². The largest absolute Gasteiger partial charge is 0.367 e. The summed E-state index contributed by atoms with van der Waals surface area (Å²) < 4.78 is 15.0. The number of nitrogens with zero attached hydrogens (tertiary/aromatic N) is 5. The lowest BCUT2D eigenvalue weighted by atomic mass is 9.91. The number of carbonyl (C=O) groups excluding carboxylic acids is 2. The minimum atomic E-state index is -0.919. The molecule has 3 aliphatic heterocycles. The summed E-state index contributed by atoms with van der Waals surface area (Å²) in [6, 6.07) is 5.27. The van der Waals surface area contributed by atoms with Crippen molar-refractivity contribution in [1.29, 1.82) is 0 Å². The zero-order chi connectivity index (χ0) is 24.2. The molecule has 1 unspecified atom stereocenters. The lowest BCUT2D eigenvalue weighted by molar-refractivity contribution is -0.126. The van der Waals surface area contributed by atoms with Gasteiger partial charge in [-0.1, -0.05) is 12.8 Å². The number of hydrogen-bond donors (Lipinski definition) is 2. The molecular weight excluding hydrogens is 449 g/mol. The van der Waals surface area contributed by atoms with Crippen LogP contribution in [-0.2, 0) is 16.0 Å². The van der Waals surface area contributed by atoms with Crippen molar-refractivity contribution >= 4 is 35.0 Å². The maximum atomic E-state index is 15.0. The number of amides is 2. The Morgan fingerprint density at radius 3 is 2.57 bits per heavy atom. The number of anilines is 4. The first-order chi connectivity index (χ1) is 16.9. The molecule has 0 radical (unpaired) electrons. The van der Waals surface area contributed by atoms with E-state index in [0.717, 1.165) is 57.4 Å².